The minimum atomic E-state index is -1.26. The molecule has 9 nitrogen and oxygen atoms in total. The number of imidazole rings is 1. The van der Waals surface area contributed by atoms with E-state index in [2.05, 4.69) is 36.3 Å². The number of halogens is 1. The van der Waals surface area contributed by atoms with Crippen LogP contribution in [-0.2, 0) is 6.61 Å². The zero-order chi connectivity index (χ0) is 14.8. The van der Waals surface area contributed by atoms with Crippen molar-refractivity contribution in [3.63, 3.8) is 0 Å². The highest BCUT2D eigenvalue weighted by atomic mass is 79.9. The number of ether oxygens (including phenoxy) is 1. The predicted octanol–water partition coefficient (Wildman–Crippen LogP) is 2.15. The molecule has 0 aliphatic heterocycles. The van der Waals surface area contributed by atoms with Gasteiger partial charge in [-0.15, -0.1) is 5.10 Å². The Morgan fingerprint density at radius 3 is 3.14 bits per heavy atom. The fourth-order valence-electron chi connectivity index (χ4n) is 1.61. The molecule has 3 heterocycles. The van der Waals surface area contributed by atoms with E-state index in [9.17, 15) is 4.79 Å². The van der Waals surface area contributed by atoms with Gasteiger partial charge in [0.15, 0.2) is 11.5 Å². The molecule has 0 saturated heterocycles. The number of rotatable bonds is 4. The van der Waals surface area contributed by atoms with E-state index >= 15 is 0 Å². The van der Waals surface area contributed by atoms with Crippen molar-refractivity contribution in [2.75, 3.05) is 5.32 Å². The third-order valence-corrected chi connectivity index (χ3v) is 2.99. The molecular weight excluding hydrogens is 346 g/mol. The summed E-state index contributed by atoms with van der Waals surface area (Å²) in [6.45, 7) is 0.122. The second-order valence-electron chi connectivity index (χ2n) is 3.86. The summed E-state index contributed by atoms with van der Waals surface area (Å²) in [4.78, 5) is 18.8. The van der Waals surface area contributed by atoms with Crippen LogP contribution in [0.3, 0.4) is 0 Å². The first-order chi connectivity index (χ1) is 10.1. The molecule has 3 aromatic heterocycles. The molecule has 0 bridgehead atoms. The molecular formula is C11H8BrN5O4. The van der Waals surface area contributed by atoms with Gasteiger partial charge in [0.05, 0.1) is 12.5 Å². The lowest BCUT2D eigenvalue weighted by Crippen LogP contribution is -2.13. The number of hydrogen-bond acceptors (Lipinski definition) is 6. The summed E-state index contributed by atoms with van der Waals surface area (Å²) >= 11 is 3.25. The Kier molecular flexibility index (Phi) is 3.44. The second kappa shape index (κ2) is 5.40. The minimum Gasteiger partial charge on any atom is -0.466 e. The number of carboxylic acid groups (broad SMARTS) is 1. The summed E-state index contributed by atoms with van der Waals surface area (Å²) in [7, 11) is 0. The monoisotopic (exact) mass is 353 g/mol. The maximum Gasteiger partial charge on any atom is 0.410 e. The summed E-state index contributed by atoms with van der Waals surface area (Å²) in [6.07, 6.45) is 1.74. The highest BCUT2D eigenvalue weighted by Gasteiger charge is 2.14. The first-order valence-electron chi connectivity index (χ1n) is 5.70. The van der Waals surface area contributed by atoms with E-state index in [1.54, 1.807) is 12.1 Å². The second-order valence-corrected chi connectivity index (χ2v) is 4.67. The smallest absolute Gasteiger partial charge is 0.410 e. The third-order valence-electron chi connectivity index (χ3n) is 2.45. The lowest BCUT2D eigenvalue weighted by atomic mass is 10.5. The Hall–Kier alpha value is -2.62. The molecule has 0 fully saturated rings. The lowest BCUT2D eigenvalue weighted by Gasteiger charge is -2.06. The van der Waals surface area contributed by atoms with Crippen LogP contribution in [0.25, 0.3) is 5.65 Å². The molecule has 108 valence electrons. The quantitative estimate of drug-likeness (QED) is 0.738. The maximum atomic E-state index is 10.8. The van der Waals surface area contributed by atoms with Gasteiger partial charge in [-0.2, -0.15) is 9.50 Å². The Morgan fingerprint density at radius 1 is 1.57 bits per heavy atom. The third kappa shape index (κ3) is 2.79. The largest absolute Gasteiger partial charge is 0.466 e. The van der Waals surface area contributed by atoms with E-state index in [1.165, 1.54) is 17.0 Å². The van der Waals surface area contributed by atoms with Gasteiger partial charge < -0.3 is 14.3 Å². The molecule has 10 heteroatoms. The topological polar surface area (TPSA) is 115 Å². The number of anilines is 1. The van der Waals surface area contributed by atoms with Crippen molar-refractivity contribution < 1.29 is 19.1 Å². The van der Waals surface area contributed by atoms with E-state index in [4.69, 9.17) is 14.3 Å². The number of aromatic nitrogens is 4. The molecule has 0 atom stereocenters. The maximum absolute atomic E-state index is 10.8. The number of nitrogens with zero attached hydrogens (tertiary/aromatic N) is 4. The van der Waals surface area contributed by atoms with E-state index in [1.807, 2.05) is 0 Å². The van der Waals surface area contributed by atoms with Crippen LogP contribution in [0.15, 0.2) is 33.6 Å². The standard InChI is InChI=1S/C11H8BrN5O4/c12-7-4-13-9-8(15-11(18)19)14-10(16-17(7)9)21-5-6-2-1-3-20-6/h1-4H,5H2,(H,18,19)(H,14,15,16). The van der Waals surface area contributed by atoms with Crippen LogP contribution in [0, 0.1) is 0 Å². The summed E-state index contributed by atoms with van der Waals surface area (Å²) in [5.41, 5.74) is 0.259. The van der Waals surface area contributed by atoms with E-state index in [0.29, 0.717) is 10.4 Å². The predicted molar refractivity (Wildman–Crippen MR) is 73.2 cm³/mol. The molecule has 0 aliphatic rings. The molecule has 0 saturated carbocycles. The van der Waals surface area contributed by atoms with Crippen LogP contribution >= 0.6 is 15.9 Å². The molecule has 3 aromatic rings. The zero-order valence-electron chi connectivity index (χ0n) is 10.4. The zero-order valence-corrected chi connectivity index (χ0v) is 11.9. The highest BCUT2D eigenvalue weighted by Crippen LogP contribution is 2.20. The molecule has 0 unspecified atom stereocenters. The Bertz CT molecular complexity index is 785. The summed E-state index contributed by atoms with van der Waals surface area (Å²) < 4.78 is 12.4. The van der Waals surface area contributed by atoms with Crippen molar-refractivity contribution in [3.8, 4) is 6.01 Å². The first-order valence-corrected chi connectivity index (χ1v) is 6.49. The van der Waals surface area contributed by atoms with Crippen molar-refractivity contribution in [2.24, 2.45) is 0 Å². The van der Waals surface area contributed by atoms with E-state index < -0.39 is 6.09 Å². The number of carbonyl (C=O) groups is 1. The summed E-state index contributed by atoms with van der Waals surface area (Å²) in [5, 5.41) is 15.1. The highest BCUT2D eigenvalue weighted by molar-refractivity contribution is 9.10. The molecule has 3 rings (SSSR count). The van der Waals surface area contributed by atoms with Gasteiger partial charge in [0.25, 0.3) is 0 Å². The van der Waals surface area contributed by atoms with Crippen LogP contribution in [0.2, 0.25) is 0 Å². The summed E-state index contributed by atoms with van der Waals surface area (Å²) in [5.74, 6) is 0.619. The van der Waals surface area contributed by atoms with Crippen LogP contribution in [0.1, 0.15) is 5.76 Å². The van der Waals surface area contributed by atoms with Crippen molar-refractivity contribution >= 4 is 33.5 Å². The van der Waals surface area contributed by atoms with Crippen LogP contribution in [0.4, 0.5) is 10.6 Å². The Balaban J connectivity index is 1.94. The number of furan rings is 1. The average Bonchev–Trinajstić information content (AvgIpc) is 3.07. The fourth-order valence-corrected chi connectivity index (χ4v) is 1.96. The first kappa shape index (κ1) is 13.4. The number of hydrogen-bond donors (Lipinski definition) is 2. The molecule has 0 spiro atoms. The van der Waals surface area contributed by atoms with E-state index in [-0.39, 0.29) is 24.1 Å². The van der Waals surface area contributed by atoms with Gasteiger partial charge in [0.2, 0.25) is 0 Å². The number of fused-ring (bicyclic) bond motifs is 1. The average molecular weight is 354 g/mol. The van der Waals surface area contributed by atoms with Crippen molar-refractivity contribution in [1.82, 2.24) is 19.6 Å². The van der Waals surface area contributed by atoms with Gasteiger partial charge in [-0.05, 0) is 28.1 Å². The van der Waals surface area contributed by atoms with Crippen LogP contribution in [0.5, 0.6) is 6.01 Å². The van der Waals surface area contributed by atoms with E-state index in [0.717, 1.165) is 0 Å². The molecule has 0 aromatic carbocycles. The molecule has 0 aliphatic carbocycles. The molecule has 1 amide bonds. The molecule has 2 N–H and O–H groups in total. The van der Waals surface area contributed by atoms with Gasteiger partial charge in [-0.1, -0.05) is 0 Å². The Morgan fingerprint density at radius 2 is 2.43 bits per heavy atom. The van der Waals surface area contributed by atoms with Gasteiger partial charge in [-0.3, -0.25) is 5.32 Å². The van der Waals surface area contributed by atoms with Crippen molar-refractivity contribution in [3.05, 3.63) is 35.0 Å². The molecule has 21 heavy (non-hydrogen) atoms. The van der Waals surface area contributed by atoms with Gasteiger partial charge in [0, 0.05) is 0 Å². The van der Waals surface area contributed by atoms with Gasteiger partial charge in [-0.25, -0.2) is 9.78 Å². The molecule has 0 radical (unpaired) electrons. The lowest BCUT2D eigenvalue weighted by molar-refractivity contribution is 0.209. The minimum absolute atomic E-state index is 0.0126. The summed E-state index contributed by atoms with van der Waals surface area (Å²) in [6, 6.07) is 3.45. The SMILES string of the molecule is O=C(O)Nc1nc(OCc2ccco2)nn2c(Br)cnc12. The van der Waals surface area contributed by atoms with Crippen LogP contribution < -0.4 is 10.1 Å². The van der Waals surface area contributed by atoms with Gasteiger partial charge >= 0.3 is 12.1 Å². The van der Waals surface area contributed by atoms with Crippen LogP contribution in [-0.4, -0.2) is 30.8 Å². The number of amides is 1. The van der Waals surface area contributed by atoms with Crippen molar-refractivity contribution in [2.45, 2.75) is 6.61 Å². The normalized spacial score (nSPS) is 10.7. The van der Waals surface area contributed by atoms with Crippen molar-refractivity contribution in [1.29, 1.82) is 0 Å². The Labute approximate surface area is 125 Å². The number of nitrogens with one attached hydrogen (secondary N) is 1. The fraction of sp³-hybridized carbons (Fsp3) is 0.0909. The van der Waals surface area contributed by atoms with Gasteiger partial charge in [0.1, 0.15) is 17.0 Å².